The van der Waals surface area contributed by atoms with Gasteiger partial charge in [-0.2, -0.15) is 5.10 Å². The molecule has 0 saturated carbocycles. The van der Waals surface area contributed by atoms with Crippen LogP contribution in [0.25, 0.3) is 27.2 Å². The molecular weight excluding hydrogens is 312 g/mol. The Hall–Kier alpha value is -2.80. The number of nitrogens with zero attached hydrogens (tertiary/aromatic N) is 3. The maximum Gasteiger partial charge on any atom is 0.244 e. The molecule has 0 saturated heterocycles. The lowest BCUT2D eigenvalue weighted by molar-refractivity contribution is -0.113. The molecule has 116 valence electrons. The van der Waals surface area contributed by atoms with E-state index in [1.165, 1.54) is 6.08 Å². The van der Waals surface area contributed by atoms with E-state index in [9.17, 15) is 4.79 Å². The summed E-state index contributed by atoms with van der Waals surface area (Å²) < 4.78 is 6.77. The highest BCUT2D eigenvalue weighted by atomic mass is 32.1. The van der Waals surface area contributed by atoms with Gasteiger partial charge in [-0.15, -0.1) is 12.6 Å². The Morgan fingerprint density at radius 2 is 2.17 bits per heavy atom. The molecule has 3 aromatic rings. The Kier molecular flexibility index (Phi) is 4.03. The van der Waals surface area contributed by atoms with E-state index in [-0.39, 0.29) is 0 Å². The second-order valence-electron chi connectivity index (χ2n) is 4.82. The molecule has 6 nitrogen and oxygen atoms in total. The Balaban J connectivity index is 2.05. The van der Waals surface area contributed by atoms with E-state index in [1.807, 2.05) is 24.3 Å². The zero-order valence-corrected chi connectivity index (χ0v) is 13.2. The number of primary amides is 1. The summed E-state index contributed by atoms with van der Waals surface area (Å²) in [7, 11) is 1.62. The van der Waals surface area contributed by atoms with Crippen molar-refractivity contribution in [1.82, 2.24) is 14.8 Å². The van der Waals surface area contributed by atoms with E-state index >= 15 is 0 Å². The van der Waals surface area contributed by atoms with Gasteiger partial charge in [0, 0.05) is 29.3 Å². The van der Waals surface area contributed by atoms with Gasteiger partial charge in [0.1, 0.15) is 10.8 Å². The van der Waals surface area contributed by atoms with Gasteiger partial charge < -0.3 is 10.5 Å². The van der Waals surface area contributed by atoms with Crippen molar-refractivity contribution in [3.05, 3.63) is 48.8 Å². The van der Waals surface area contributed by atoms with Crippen LogP contribution in [0.5, 0.6) is 5.75 Å². The van der Waals surface area contributed by atoms with Gasteiger partial charge in [0.05, 0.1) is 24.5 Å². The molecule has 2 N–H and O–H groups in total. The minimum atomic E-state index is -0.573. The molecule has 0 radical (unpaired) electrons. The van der Waals surface area contributed by atoms with E-state index < -0.39 is 5.91 Å². The molecule has 1 amide bonds. The van der Waals surface area contributed by atoms with E-state index in [2.05, 4.69) is 22.7 Å². The maximum atomic E-state index is 11.0. The highest BCUT2D eigenvalue weighted by Crippen LogP contribution is 2.26. The molecular formula is C16H14N4O2S. The summed E-state index contributed by atoms with van der Waals surface area (Å²) in [5.74, 6) is 0.170. The third kappa shape index (κ3) is 3.04. The van der Waals surface area contributed by atoms with Crippen LogP contribution >= 0.6 is 12.6 Å². The van der Waals surface area contributed by atoms with Crippen molar-refractivity contribution in [2.45, 2.75) is 0 Å². The molecule has 3 rings (SSSR count). The number of ether oxygens (including phenoxy) is 1. The molecule has 0 fully saturated rings. The van der Waals surface area contributed by atoms with Crippen LogP contribution in [-0.2, 0) is 4.79 Å². The number of rotatable bonds is 4. The third-order valence-corrected chi connectivity index (χ3v) is 3.64. The van der Waals surface area contributed by atoms with Crippen LogP contribution < -0.4 is 10.5 Å². The van der Waals surface area contributed by atoms with Crippen LogP contribution in [0.4, 0.5) is 0 Å². The zero-order valence-electron chi connectivity index (χ0n) is 12.3. The summed E-state index contributed by atoms with van der Waals surface area (Å²) >= 11 is 4.25. The van der Waals surface area contributed by atoms with Gasteiger partial charge >= 0.3 is 0 Å². The molecule has 0 aliphatic carbocycles. The van der Waals surface area contributed by atoms with Crippen LogP contribution in [0.1, 0.15) is 0 Å². The number of carbonyl (C=O) groups excluding carboxylic acids is 1. The van der Waals surface area contributed by atoms with Crippen molar-refractivity contribution in [2.24, 2.45) is 5.73 Å². The summed E-state index contributed by atoms with van der Waals surface area (Å²) in [4.78, 5) is 15.3. The number of nitrogens with two attached hydrogens (primary N) is 1. The van der Waals surface area contributed by atoms with Crippen LogP contribution in [0, 0.1) is 0 Å². The number of benzene rings is 1. The Morgan fingerprint density at radius 1 is 1.35 bits per heavy atom. The Morgan fingerprint density at radius 3 is 2.91 bits per heavy atom. The number of methoxy groups -OCH3 is 1. The molecule has 0 atom stereocenters. The fourth-order valence-corrected chi connectivity index (χ4v) is 2.55. The van der Waals surface area contributed by atoms with Crippen LogP contribution in [0.3, 0.4) is 0 Å². The quantitative estimate of drug-likeness (QED) is 0.569. The minimum Gasteiger partial charge on any atom is -0.497 e. The molecule has 2 heterocycles. The topological polar surface area (TPSA) is 83.0 Å². The fraction of sp³-hybridized carbons (Fsp3) is 0.0625. The van der Waals surface area contributed by atoms with Crippen molar-refractivity contribution in [1.29, 1.82) is 0 Å². The van der Waals surface area contributed by atoms with Gasteiger partial charge in [0.15, 0.2) is 0 Å². The summed E-state index contributed by atoms with van der Waals surface area (Å²) in [6.45, 7) is 0. The predicted molar refractivity (Wildman–Crippen MR) is 92.0 cm³/mol. The largest absolute Gasteiger partial charge is 0.497 e. The van der Waals surface area contributed by atoms with Crippen molar-refractivity contribution >= 4 is 34.5 Å². The lowest BCUT2D eigenvalue weighted by atomic mass is 10.1. The van der Waals surface area contributed by atoms with Crippen molar-refractivity contribution in [3.63, 3.8) is 0 Å². The summed E-state index contributed by atoms with van der Waals surface area (Å²) in [5, 5.41) is 5.50. The van der Waals surface area contributed by atoms with Gasteiger partial charge in [-0.05, 0) is 18.2 Å². The number of fused-ring (bicyclic) bond motifs is 1. The molecule has 2 aromatic heterocycles. The van der Waals surface area contributed by atoms with E-state index in [4.69, 9.17) is 10.5 Å². The summed E-state index contributed by atoms with van der Waals surface area (Å²) in [5.41, 5.74) is 7.71. The van der Waals surface area contributed by atoms with E-state index in [0.717, 1.165) is 27.9 Å². The normalized spacial score (nSPS) is 11.7. The smallest absolute Gasteiger partial charge is 0.244 e. The van der Waals surface area contributed by atoms with Gasteiger partial charge in [-0.3, -0.25) is 9.78 Å². The molecule has 7 heteroatoms. The van der Waals surface area contributed by atoms with E-state index in [1.54, 1.807) is 30.3 Å². The average Bonchev–Trinajstić information content (AvgIpc) is 2.97. The monoisotopic (exact) mass is 326 g/mol. The second kappa shape index (κ2) is 6.13. The number of hydrogen-bond acceptors (Lipinski definition) is 5. The zero-order chi connectivity index (χ0) is 16.4. The van der Waals surface area contributed by atoms with Gasteiger partial charge in [-0.1, -0.05) is 6.07 Å². The first-order valence-corrected chi connectivity index (χ1v) is 7.22. The number of hydrogen-bond donors (Lipinski definition) is 2. The molecule has 0 aliphatic heterocycles. The molecule has 0 bridgehead atoms. The van der Waals surface area contributed by atoms with Crippen LogP contribution in [0.15, 0.2) is 48.8 Å². The standard InChI is InChI=1S/C16H14N4O2S/c1-22-12-4-5-18-13(7-12)10-2-3-14-11(6-10)9-19-20(14)16(23)8-15(17)21/h2-9,23H,1H3,(H2,17,21)/b16-8-. The summed E-state index contributed by atoms with van der Waals surface area (Å²) in [6, 6.07) is 9.44. The first-order chi connectivity index (χ1) is 11.1. The van der Waals surface area contributed by atoms with Crippen LogP contribution in [0.2, 0.25) is 0 Å². The molecule has 0 spiro atoms. The highest BCUT2D eigenvalue weighted by molar-refractivity contribution is 7.90. The first-order valence-electron chi connectivity index (χ1n) is 6.77. The predicted octanol–water partition coefficient (Wildman–Crippen LogP) is 2.32. The number of aromatic nitrogens is 3. The average molecular weight is 326 g/mol. The van der Waals surface area contributed by atoms with Gasteiger partial charge in [0.2, 0.25) is 5.91 Å². The molecule has 23 heavy (non-hydrogen) atoms. The van der Waals surface area contributed by atoms with Crippen LogP contribution in [-0.4, -0.2) is 27.8 Å². The lowest BCUT2D eigenvalue weighted by Crippen LogP contribution is -2.08. The van der Waals surface area contributed by atoms with Gasteiger partial charge in [-0.25, -0.2) is 4.68 Å². The van der Waals surface area contributed by atoms with Crippen molar-refractivity contribution in [2.75, 3.05) is 7.11 Å². The Labute approximate surface area is 138 Å². The fourth-order valence-electron chi connectivity index (χ4n) is 2.26. The second-order valence-corrected chi connectivity index (χ2v) is 5.27. The number of carbonyl (C=O) groups is 1. The summed E-state index contributed by atoms with van der Waals surface area (Å²) in [6.07, 6.45) is 4.61. The van der Waals surface area contributed by atoms with Crippen molar-refractivity contribution in [3.8, 4) is 17.0 Å². The molecule has 0 unspecified atom stereocenters. The van der Waals surface area contributed by atoms with Gasteiger partial charge in [0.25, 0.3) is 0 Å². The lowest BCUT2D eigenvalue weighted by Gasteiger charge is -2.05. The molecule has 1 aromatic carbocycles. The third-order valence-electron chi connectivity index (χ3n) is 3.32. The first kappa shape index (κ1) is 15.1. The maximum absolute atomic E-state index is 11.0. The molecule has 0 aliphatic rings. The van der Waals surface area contributed by atoms with Crippen molar-refractivity contribution < 1.29 is 9.53 Å². The number of pyridine rings is 1. The SMILES string of the molecule is COc1ccnc(-c2ccc3c(cnn3/C(S)=C/C(N)=O)c2)c1. The number of amides is 1. The highest BCUT2D eigenvalue weighted by Gasteiger charge is 2.08. The Bertz CT molecular complexity index is 917. The minimum absolute atomic E-state index is 0.361. The number of thiol groups is 1. The van der Waals surface area contributed by atoms with E-state index in [0.29, 0.717) is 5.03 Å².